The second-order valence-electron chi connectivity index (χ2n) is 9.14. The summed E-state index contributed by atoms with van der Waals surface area (Å²) in [6.45, 7) is 4.16. The third-order valence-corrected chi connectivity index (χ3v) is 6.80. The maximum atomic E-state index is 14.0. The van der Waals surface area contributed by atoms with Crippen LogP contribution in [0.4, 0.5) is 9.18 Å². The van der Waals surface area contributed by atoms with Gasteiger partial charge >= 0.3 is 6.03 Å². The number of H-pyrrole nitrogens is 1. The molecular formula is C27H32FN5O3. The molecule has 1 fully saturated rings. The number of nitrogens with zero attached hydrogens (tertiary/aromatic N) is 2. The molecule has 0 spiro atoms. The summed E-state index contributed by atoms with van der Waals surface area (Å²) >= 11 is 0. The average Bonchev–Trinajstić information content (AvgIpc) is 3.58. The Morgan fingerprint density at radius 1 is 1.28 bits per heavy atom. The molecule has 2 aliphatic heterocycles. The number of halogens is 1. The van der Waals surface area contributed by atoms with Gasteiger partial charge in [-0.3, -0.25) is 0 Å². The van der Waals surface area contributed by atoms with E-state index in [0.29, 0.717) is 37.1 Å². The molecule has 36 heavy (non-hydrogen) atoms. The molecule has 1 unspecified atom stereocenters. The van der Waals surface area contributed by atoms with Crippen LogP contribution in [-0.2, 0) is 4.74 Å². The van der Waals surface area contributed by atoms with E-state index in [1.807, 2.05) is 17.0 Å². The van der Waals surface area contributed by atoms with Crippen molar-refractivity contribution in [2.45, 2.75) is 25.4 Å². The van der Waals surface area contributed by atoms with Crippen LogP contribution in [0.25, 0.3) is 27.7 Å². The van der Waals surface area contributed by atoms with Crippen LogP contribution in [0, 0.1) is 5.82 Å². The molecule has 0 saturated carbocycles. The van der Waals surface area contributed by atoms with Gasteiger partial charge in [-0.05, 0) is 60.7 Å². The maximum Gasteiger partial charge on any atom is 0.317 e. The molecule has 8 nitrogen and oxygen atoms in total. The number of aromatic amines is 1. The van der Waals surface area contributed by atoms with E-state index in [4.69, 9.17) is 9.47 Å². The first-order valence-corrected chi connectivity index (χ1v) is 12.5. The van der Waals surface area contributed by atoms with Gasteiger partial charge < -0.3 is 30.0 Å². The summed E-state index contributed by atoms with van der Waals surface area (Å²) in [6, 6.07) is 8.36. The predicted octanol–water partition coefficient (Wildman–Crippen LogP) is 3.94. The maximum absolute atomic E-state index is 14.0. The summed E-state index contributed by atoms with van der Waals surface area (Å²) in [6.07, 6.45) is 7.06. The van der Waals surface area contributed by atoms with Crippen molar-refractivity contribution in [2.24, 2.45) is 0 Å². The van der Waals surface area contributed by atoms with Gasteiger partial charge in [-0.1, -0.05) is 6.08 Å². The minimum absolute atomic E-state index is 0.0528. The summed E-state index contributed by atoms with van der Waals surface area (Å²) in [4.78, 5) is 22.2. The Morgan fingerprint density at radius 2 is 2.19 bits per heavy atom. The summed E-state index contributed by atoms with van der Waals surface area (Å²) in [5.41, 5.74) is 4.35. The zero-order chi connectivity index (χ0) is 24.9. The minimum Gasteiger partial charge on any atom is -0.496 e. The van der Waals surface area contributed by atoms with Gasteiger partial charge in [0.05, 0.1) is 13.2 Å². The number of hydrogen-bond donors (Lipinski definition) is 3. The van der Waals surface area contributed by atoms with Crippen LogP contribution in [0.2, 0.25) is 0 Å². The van der Waals surface area contributed by atoms with Crippen molar-refractivity contribution in [2.75, 3.05) is 46.4 Å². The number of nitrogens with one attached hydrogen (secondary N) is 3. The van der Waals surface area contributed by atoms with Crippen molar-refractivity contribution in [3.05, 3.63) is 54.1 Å². The molecule has 2 aromatic heterocycles. The number of ether oxygens (including phenoxy) is 2. The van der Waals surface area contributed by atoms with Crippen LogP contribution >= 0.6 is 0 Å². The SMILES string of the molecule is COc1ccc(F)cc1-c1ccnc2[nH]c(C3=CCN(C(=O)NCCNCC4CCCO4)CC3)cc12. The summed E-state index contributed by atoms with van der Waals surface area (Å²) in [7, 11) is 1.58. The molecule has 3 N–H and O–H groups in total. The third-order valence-electron chi connectivity index (χ3n) is 6.80. The quantitative estimate of drug-likeness (QED) is 0.414. The van der Waals surface area contributed by atoms with E-state index >= 15 is 0 Å². The van der Waals surface area contributed by atoms with Gasteiger partial charge in [-0.2, -0.15) is 0 Å². The van der Waals surface area contributed by atoms with Crippen molar-refractivity contribution in [3.8, 4) is 16.9 Å². The second-order valence-corrected chi connectivity index (χ2v) is 9.14. The number of hydrogen-bond acceptors (Lipinski definition) is 5. The first kappa shape index (κ1) is 24.3. The standard InChI is InChI=1S/C27H32FN5O3/c1-35-25-5-4-19(28)15-22(25)21-6-9-30-26-23(21)16-24(32-26)18-7-12-33(13-8-18)27(34)31-11-10-29-17-20-3-2-14-36-20/h4-7,9,15-16,20,29H,2-3,8,10-14,17H2,1H3,(H,30,32)(H,31,34). The lowest BCUT2D eigenvalue weighted by Crippen LogP contribution is -2.44. The number of urea groups is 1. The first-order valence-electron chi connectivity index (χ1n) is 12.5. The number of carbonyl (C=O) groups is 1. The van der Waals surface area contributed by atoms with Crippen LogP contribution in [-0.4, -0.2) is 73.4 Å². The molecule has 3 aromatic rings. The summed E-state index contributed by atoms with van der Waals surface area (Å²) in [5.74, 6) is 0.283. The minimum atomic E-state index is -0.321. The van der Waals surface area contributed by atoms with Crippen molar-refractivity contribution >= 4 is 22.6 Å². The summed E-state index contributed by atoms with van der Waals surface area (Å²) < 4.78 is 25.1. The van der Waals surface area contributed by atoms with Crippen LogP contribution in [0.15, 0.2) is 42.6 Å². The fourth-order valence-electron chi connectivity index (χ4n) is 4.86. The Kier molecular flexibility index (Phi) is 7.48. The number of pyridine rings is 1. The molecule has 2 amide bonds. The van der Waals surface area contributed by atoms with Gasteiger partial charge in [0.25, 0.3) is 0 Å². The highest BCUT2D eigenvalue weighted by atomic mass is 19.1. The molecule has 1 aromatic carbocycles. The van der Waals surface area contributed by atoms with Gasteiger partial charge in [0.15, 0.2) is 0 Å². The molecule has 190 valence electrons. The molecule has 1 saturated heterocycles. The van der Waals surface area contributed by atoms with E-state index in [9.17, 15) is 9.18 Å². The van der Waals surface area contributed by atoms with Gasteiger partial charge in [0, 0.05) is 62.2 Å². The lowest BCUT2D eigenvalue weighted by atomic mass is 10.0. The normalized spacial score (nSPS) is 17.9. The number of methoxy groups -OCH3 is 1. The molecule has 5 rings (SSSR count). The van der Waals surface area contributed by atoms with Crippen LogP contribution in [0.1, 0.15) is 25.0 Å². The highest BCUT2D eigenvalue weighted by molar-refractivity contribution is 5.96. The van der Waals surface area contributed by atoms with Crippen LogP contribution in [0.3, 0.4) is 0 Å². The number of aromatic nitrogens is 2. The molecule has 9 heteroatoms. The average molecular weight is 494 g/mol. The molecule has 1 atom stereocenters. The second kappa shape index (κ2) is 11.1. The smallest absolute Gasteiger partial charge is 0.317 e. The molecule has 4 heterocycles. The number of rotatable bonds is 8. The van der Waals surface area contributed by atoms with Gasteiger partial charge in [-0.25, -0.2) is 14.2 Å². The Balaban J connectivity index is 1.21. The molecule has 0 radical (unpaired) electrons. The lowest BCUT2D eigenvalue weighted by molar-refractivity contribution is 0.110. The zero-order valence-corrected chi connectivity index (χ0v) is 20.5. The van der Waals surface area contributed by atoms with E-state index < -0.39 is 0 Å². The van der Waals surface area contributed by atoms with E-state index in [0.717, 1.165) is 66.8 Å². The van der Waals surface area contributed by atoms with Gasteiger partial charge in [-0.15, -0.1) is 0 Å². The fourth-order valence-corrected chi connectivity index (χ4v) is 4.86. The Morgan fingerprint density at radius 3 is 2.97 bits per heavy atom. The Labute approximate surface area is 209 Å². The molecule has 2 aliphatic rings. The largest absolute Gasteiger partial charge is 0.496 e. The fraction of sp³-hybridized carbons (Fsp3) is 0.407. The predicted molar refractivity (Wildman–Crippen MR) is 137 cm³/mol. The number of carbonyl (C=O) groups excluding carboxylic acids is 1. The van der Waals surface area contributed by atoms with Crippen molar-refractivity contribution in [1.29, 1.82) is 0 Å². The van der Waals surface area contributed by atoms with Crippen molar-refractivity contribution in [1.82, 2.24) is 25.5 Å². The monoisotopic (exact) mass is 493 g/mol. The Hall–Kier alpha value is -3.43. The number of benzene rings is 1. The zero-order valence-electron chi connectivity index (χ0n) is 20.5. The summed E-state index contributed by atoms with van der Waals surface area (Å²) in [5, 5.41) is 7.23. The first-order chi connectivity index (χ1) is 17.6. The lowest BCUT2D eigenvalue weighted by Gasteiger charge is -2.26. The van der Waals surface area contributed by atoms with E-state index in [1.54, 1.807) is 19.4 Å². The molecule has 0 bridgehead atoms. The molecular weight excluding hydrogens is 461 g/mol. The highest BCUT2D eigenvalue weighted by Crippen LogP contribution is 2.36. The highest BCUT2D eigenvalue weighted by Gasteiger charge is 2.20. The van der Waals surface area contributed by atoms with E-state index in [-0.39, 0.29) is 11.8 Å². The number of fused-ring (bicyclic) bond motifs is 1. The Bertz CT molecular complexity index is 1250. The molecule has 0 aliphatic carbocycles. The number of amides is 2. The van der Waals surface area contributed by atoms with Crippen molar-refractivity contribution in [3.63, 3.8) is 0 Å². The van der Waals surface area contributed by atoms with E-state index in [2.05, 4.69) is 26.7 Å². The van der Waals surface area contributed by atoms with E-state index in [1.165, 1.54) is 12.1 Å². The van der Waals surface area contributed by atoms with Gasteiger partial charge in [0.1, 0.15) is 17.2 Å². The van der Waals surface area contributed by atoms with Crippen LogP contribution in [0.5, 0.6) is 5.75 Å². The van der Waals surface area contributed by atoms with Gasteiger partial charge in [0.2, 0.25) is 0 Å². The topological polar surface area (TPSA) is 91.5 Å². The van der Waals surface area contributed by atoms with Crippen LogP contribution < -0.4 is 15.4 Å². The van der Waals surface area contributed by atoms with Crippen molar-refractivity contribution < 1.29 is 18.7 Å². The third kappa shape index (κ3) is 5.37.